The van der Waals surface area contributed by atoms with Crippen molar-refractivity contribution in [2.24, 2.45) is 5.18 Å². The van der Waals surface area contributed by atoms with Crippen molar-refractivity contribution in [1.82, 2.24) is 5.32 Å². The van der Waals surface area contributed by atoms with E-state index >= 15 is 0 Å². The molecule has 5 heteroatoms. The van der Waals surface area contributed by atoms with E-state index in [9.17, 15) is 14.8 Å². The molecule has 0 aliphatic carbocycles. The third-order valence-electron chi connectivity index (χ3n) is 3.42. The molecule has 2 aromatic rings. The number of hydrogen-bond donors (Lipinski definition) is 2. The highest BCUT2D eigenvalue weighted by Crippen LogP contribution is 2.19. The number of nitrogens with zero attached hydrogens (tertiary/aromatic N) is 1. The zero-order chi connectivity index (χ0) is 15.9. The molecule has 2 rings (SSSR count). The average molecular weight is 298 g/mol. The zero-order valence-electron chi connectivity index (χ0n) is 12.3. The van der Waals surface area contributed by atoms with Crippen LogP contribution in [0.5, 0.6) is 0 Å². The number of carbonyl (C=O) groups excluding carboxylic acids is 1. The fourth-order valence-electron chi connectivity index (χ4n) is 2.10. The normalized spacial score (nSPS) is 13.2. The van der Waals surface area contributed by atoms with Gasteiger partial charge in [0.2, 0.25) is 0 Å². The van der Waals surface area contributed by atoms with Gasteiger partial charge in [0.1, 0.15) is 6.54 Å². The molecule has 114 valence electrons. The van der Waals surface area contributed by atoms with Gasteiger partial charge in [0.05, 0.1) is 12.1 Å². The molecule has 0 radical (unpaired) electrons. The van der Waals surface area contributed by atoms with Crippen LogP contribution in [-0.2, 0) is 0 Å². The summed E-state index contributed by atoms with van der Waals surface area (Å²) >= 11 is 0. The van der Waals surface area contributed by atoms with Crippen LogP contribution in [0.3, 0.4) is 0 Å². The molecule has 2 N–H and O–H groups in total. The zero-order valence-corrected chi connectivity index (χ0v) is 12.3. The monoisotopic (exact) mass is 298 g/mol. The molecule has 0 aromatic heterocycles. The highest BCUT2D eigenvalue weighted by Gasteiger charge is 2.18. The van der Waals surface area contributed by atoms with Crippen molar-refractivity contribution in [3.05, 3.63) is 65.1 Å². The Hall–Kier alpha value is -2.53. The topological polar surface area (TPSA) is 78.8 Å². The first-order valence-corrected chi connectivity index (χ1v) is 7.05. The minimum Gasteiger partial charge on any atom is -0.391 e. The van der Waals surface area contributed by atoms with Gasteiger partial charge in [-0.3, -0.25) is 4.79 Å². The predicted molar refractivity (Wildman–Crippen MR) is 85.5 cm³/mol. The highest BCUT2D eigenvalue weighted by atomic mass is 16.3. The molecule has 1 unspecified atom stereocenters. The molecule has 0 aliphatic heterocycles. The Morgan fingerprint density at radius 2 is 1.68 bits per heavy atom. The first kappa shape index (κ1) is 15.9. The summed E-state index contributed by atoms with van der Waals surface area (Å²) in [6, 6.07) is 16.3. The van der Waals surface area contributed by atoms with Crippen molar-refractivity contribution in [2.75, 3.05) is 6.54 Å². The van der Waals surface area contributed by atoms with Gasteiger partial charge in [0, 0.05) is 5.56 Å². The number of nitrogens with one attached hydrogen (secondary N) is 1. The second kappa shape index (κ2) is 7.47. The Morgan fingerprint density at radius 3 is 2.23 bits per heavy atom. The van der Waals surface area contributed by atoms with Gasteiger partial charge in [-0.2, -0.15) is 4.91 Å². The number of aliphatic hydroxyl groups is 1. The molecule has 22 heavy (non-hydrogen) atoms. The molecule has 5 nitrogen and oxygen atoms in total. The number of nitroso groups, excluding NO2 is 1. The van der Waals surface area contributed by atoms with Crippen LogP contribution >= 0.6 is 0 Å². The van der Waals surface area contributed by atoms with E-state index in [4.69, 9.17) is 0 Å². The van der Waals surface area contributed by atoms with Gasteiger partial charge >= 0.3 is 0 Å². The lowest BCUT2D eigenvalue weighted by atomic mass is 10.0. The molecule has 2 aromatic carbocycles. The molecule has 0 spiro atoms. The maximum absolute atomic E-state index is 12.1. The molecule has 0 heterocycles. The summed E-state index contributed by atoms with van der Waals surface area (Å²) in [6.45, 7) is 1.35. The summed E-state index contributed by atoms with van der Waals surface area (Å²) in [5, 5.41) is 14.9. The summed E-state index contributed by atoms with van der Waals surface area (Å²) in [4.78, 5) is 22.4. The van der Waals surface area contributed by atoms with Crippen molar-refractivity contribution in [3.8, 4) is 11.1 Å². The highest BCUT2D eigenvalue weighted by molar-refractivity contribution is 5.94. The first-order valence-electron chi connectivity index (χ1n) is 7.05. The van der Waals surface area contributed by atoms with E-state index in [1.165, 1.54) is 6.92 Å². The maximum atomic E-state index is 12.1. The van der Waals surface area contributed by atoms with Crippen molar-refractivity contribution < 1.29 is 9.90 Å². The van der Waals surface area contributed by atoms with Crippen LogP contribution in [0.25, 0.3) is 11.1 Å². The van der Waals surface area contributed by atoms with E-state index in [1.54, 1.807) is 12.1 Å². The minimum atomic E-state index is -0.842. The lowest BCUT2D eigenvalue weighted by Crippen LogP contribution is -2.44. The molecule has 0 saturated heterocycles. The predicted octanol–water partition coefficient (Wildman–Crippen LogP) is 2.60. The molecule has 0 bridgehead atoms. The van der Waals surface area contributed by atoms with Crippen molar-refractivity contribution >= 4 is 5.91 Å². The van der Waals surface area contributed by atoms with Gasteiger partial charge in [-0.1, -0.05) is 47.6 Å². The van der Waals surface area contributed by atoms with Gasteiger partial charge in [-0.25, -0.2) is 0 Å². The second-order valence-corrected chi connectivity index (χ2v) is 5.08. The molecule has 0 fully saturated rings. The molecule has 2 atom stereocenters. The Morgan fingerprint density at radius 1 is 1.09 bits per heavy atom. The van der Waals surface area contributed by atoms with E-state index in [1.807, 2.05) is 42.5 Å². The van der Waals surface area contributed by atoms with E-state index < -0.39 is 12.1 Å². The quantitative estimate of drug-likeness (QED) is 0.805. The Balaban J connectivity index is 2.09. The summed E-state index contributed by atoms with van der Waals surface area (Å²) in [5.41, 5.74) is 2.55. The Bertz CT molecular complexity index is 624. The molecule has 0 saturated carbocycles. The van der Waals surface area contributed by atoms with E-state index in [-0.39, 0.29) is 12.5 Å². The van der Waals surface area contributed by atoms with Crippen molar-refractivity contribution in [1.29, 1.82) is 0 Å². The summed E-state index contributed by atoms with van der Waals surface area (Å²) in [7, 11) is 0. The van der Waals surface area contributed by atoms with Gasteiger partial charge in [-0.15, -0.1) is 0 Å². The Labute approximate surface area is 129 Å². The number of amides is 1. The van der Waals surface area contributed by atoms with Gasteiger partial charge in [-0.05, 0) is 30.2 Å². The van der Waals surface area contributed by atoms with Crippen LogP contribution in [0.4, 0.5) is 0 Å². The largest absolute Gasteiger partial charge is 0.391 e. The molecule has 0 aliphatic rings. The second-order valence-electron chi connectivity index (χ2n) is 5.08. The third kappa shape index (κ3) is 3.99. The van der Waals surface area contributed by atoms with Crippen LogP contribution in [0.15, 0.2) is 59.8 Å². The standard InChI is InChI=1S/C17H18N2O3/c1-12(20)16(11-18-22)19-17(21)15-9-7-14(8-10-15)13-5-3-2-4-6-13/h2-10,12,16,20H,11H2,1H3,(H,19,21)/t12?,16-/m1/s1. The van der Waals surface area contributed by atoms with Gasteiger partial charge < -0.3 is 10.4 Å². The summed E-state index contributed by atoms with van der Waals surface area (Å²) in [5.74, 6) is -0.339. The van der Waals surface area contributed by atoms with Crippen molar-refractivity contribution in [2.45, 2.75) is 19.1 Å². The number of hydrogen-bond acceptors (Lipinski definition) is 4. The number of benzene rings is 2. The lowest BCUT2D eigenvalue weighted by Gasteiger charge is -2.18. The van der Waals surface area contributed by atoms with Crippen molar-refractivity contribution in [3.63, 3.8) is 0 Å². The molecule has 1 amide bonds. The van der Waals surface area contributed by atoms with E-state index in [0.717, 1.165) is 11.1 Å². The summed E-state index contributed by atoms with van der Waals surface area (Å²) < 4.78 is 0. The van der Waals surface area contributed by atoms with Crippen LogP contribution in [0.1, 0.15) is 17.3 Å². The number of aliphatic hydroxyl groups excluding tert-OH is 1. The lowest BCUT2D eigenvalue weighted by molar-refractivity contribution is 0.0865. The fraction of sp³-hybridized carbons (Fsp3) is 0.235. The number of carbonyl (C=O) groups is 1. The number of rotatable bonds is 6. The average Bonchev–Trinajstić information content (AvgIpc) is 2.55. The molecular formula is C17H18N2O3. The SMILES string of the molecule is CC(O)[C@@H](CN=O)NC(=O)c1ccc(-c2ccccc2)cc1. The van der Waals surface area contributed by atoms with Gasteiger partial charge in [0.25, 0.3) is 5.91 Å². The third-order valence-corrected chi connectivity index (χ3v) is 3.42. The van der Waals surface area contributed by atoms with Crippen LogP contribution in [-0.4, -0.2) is 29.7 Å². The molecular weight excluding hydrogens is 280 g/mol. The maximum Gasteiger partial charge on any atom is 0.251 e. The van der Waals surface area contributed by atoms with Crippen LogP contribution in [0.2, 0.25) is 0 Å². The van der Waals surface area contributed by atoms with Crippen LogP contribution < -0.4 is 5.32 Å². The smallest absolute Gasteiger partial charge is 0.251 e. The Kier molecular flexibility index (Phi) is 5.38. The van der Waals surface area contributed by atoms with E-state index in [0.29, 0.717) is 5.56 Å². The first-order chi connectivity index (χ1) is 10.6. The fourth-order valence-corrected chi connectivity index (χ4v) is 2.10. The van der Waals surface area contributed by atoms with Crippen LogP contribution in [0, 0.1) is 4.91 Å². The minimum absolute atomic E-state index is 0.161. The van der Waals surface area contributed by atoms with Gasteiger partial charge in [0.15, 0.2) is 0 Å². The van der Waals surface area contributed by atoms with E-state index in [2.05, 4.69) is 10.5 Å². The summed E-state index contributed by atoms with van der Waals surface area (Å²) in [6.07, 6.45) is -0.842.